The van der Waals surface area contributed by atoms with Gasteiger partial charge in [-0.25, -0.2) is 0 Å². The van der Waals surface area contributed by atoms with Gasteiger partial charge in [-0.3, -0.25) is 4.79 Å². The molecule has 6 heteroatoms. The van der Waals surface area contributed by atoms with Crippen LogP contribution in [0, 0.1) is 0 Å². The third-order valence-corrected chi connectivity index (χ3v) is 4.02. The van der Waals surface area contributed by atoms with E-state index in [-0.39, 0.29) is 18.0 Å². The maximum Gasteiger partial charge on any atom is 0.220 e. The topological polar surface area (TPSA) is 63.1 Å². The van der Waals surface area contributed by atoms with Gasteiger partial charge in [0.1, 0.15) is 6.33 Å². The van der Waals surface area contributed by atoms with Crippen molar-refractivity contribution in [3.05, 3.63) is 42.0 Å². The SMILES string of the molecule is CC(C)n1cnnc1[C@H](C)NC(=O)CCc1ccc(N(C)C)cc1. The molecule has 0 bridgehead atoms. The van der Waals surface area contributed by atoms with Crippen LogP contribution in [0.1, 0.15) is 50.7 Å². The number of hydrogen-bond acceptors (Lipinski definition) is 4. The summed E-state index contributed by atoms with van der Waals surface area (Å²) in [4.78, 5) is 14.3. The monoisotopic (exact) mass is 329 g/mol. The Kier molecular flexibility index (Phi) is 5.95. The lowest BCUT2D eigenvalue weighted by molar-refractivity contribution is -0.121. The first kappa shape index (κ1) is 18.0. The Bertz CT molecular complexity index is 660. The van der Waals surface area contributed by atoms with Crippen LogP contribution in [-0.4, -0.2) is 34.8 Å². The predicted molar refractivity (Wildman–Crippen MR) is 96.1 cm³/mol. The van der Waals surface area contributed by atoms with E-state index in [0.29, 0.717) is 6.42 Å². The number of aromatic nitrogens is 3. The summed E-state index contributed by atoms with van der Waals surface area (Å²) in [7, 11) is 4.03. The lowest BCUT2D eigenvalue weighted by Crippen LogP contribution is -2.29. The summed E-state index contributed by atoms with van der Waals surface area (Å²) >= 11 is 0. The van der Waals surface area contributed by atoms with E-state index in [4.69, 9.17) is 0 Å². The molecule has 1 N–H and O–H groups in total. The Hall–Kier alpha value is -2.37. The molecule has 6 nitrogen and oxygen atoms in total. The molecule has 1 aromatic heterocycles. The number of rotatable bonds is 7. The van der Waals surface area contributed by atoms with Crippen molar-refractivity contribution in [2.24, 2.45) is 0 Å². The summed E-state index contributed by atoms with van der Waals surface area (Å²) in [5.41, 5.74) is 2.32. The van der Waals surface area contributed by atoms with Crippen molar-refractivity contribution in [1.82, 2.24) is 20.1 Å². The summed E-state index contributed by atoms with van der Waals surface area (Å²) in [5.74, 6) is 0.811. The molecule has 2 rings (SSSR count). The van der Waals surface area contributed by atoms with Crippen LogP contribution in [0.5, 0.6) is 0 Å². The van der Waals surface area contributed by atoms with Crippen LogP contribution in [0.2, 0.25) is 0 Å². The number of aryl methyl sites for hydroxylation is 1. The molecule has 0 unspecified atom stereocenters. The lowest BCUT2D eigenvalue weighted by Gasteiger charge is -2.17. The van der Waals surface area contributed by atoms with E-state index in [2.05, 4.69) is 58.5 Å². The van der Waals surface area contributed by atoms with Gasteiger partial charge in [0, 0.05) is 32.2 Å². The van der Waals surface area contributed by atoms with Gasteiger partial charge < -0.3 is 14.8 Å². The van der Waals surface area contributed by atoms with E-state index in [1.165, 1.54) is 0 Å². The fourth-order valence-electron chi connectivity index (χ4n) is 2.56. The van der Waals surface area contributed by atoms with Gasteiger partial charge in [-0.1, -0.05) is 12.1 Å². The minimum absolute atomic E-state index is 0.0255. The first-order valence-corrected chi connectivity index (χ1v) is 8.33. The van der Waals surface area contributed by atoms with Crippen LogP contribution in [-0.2, 0) is 11.2 Å². The number of hydrogen-bond donors (Lipinski definition) is 1. The molecule has 0 aliphatic heterocycles. The van der Waals surface area contributed by atoms with Crippen LogP contribution in [0.4, 0.5) is 5.69 Å². The van der Waals surface area contributed by atoms with Crippen molar-refractivity contribution >= 4 is 11.6 Å². The van der Waals surface area contributed by atoms with E-state index < -0.39 is 0 Å². The largest absolute Gasteiger partial charge is 0.378 e. The molecule has 1 amide bonds. The Morgan fingerprint density at radius 1 is 1.21 bits per heavy atom. The summed E-state index contributed by atoms with van der Waals surface area (Å²) in [6, 6.07) is 8.40. The Labute approximate surface area is 143 Å². The van der Waals surface area contributed by atoms with Crippen molar-refractivity contribution in [1.29, 1.82) is 0 Å². The number of anilines is 1. The first-order valence-electron chi connectivity index (χ1n) is 8.33. The summed E-state index contributed by atoms with van der Waals surface area (Å²) in [6.45, 7) is 6.07. The van der Waals surface area contributed by atoms with E-state index in [9.17, 15) is 4.79 Å². The molecule has 0 spiro atoms. The zero-order valence-electron chi connectivity index (χ0n) is 15.2. The van der Waals surface area contributed by atoms with Gasteiger partial charge >= 0.3 is 0 Å². The van der Waals surface area contributed by atoms with Gasteiger partial charge in [-0.05, 0) is 44.9 Å². The zero-order chi connectivity index (χ0) is 17.7. The van der Waals surface area contributed by atoms with Gasteiger partial charge in [0.25, 0.3) is 0 Å². The van der Waals surface area contributed by atoms with Crippen LogP contribution in [0.3, 0.4) is 0 Å². The van der Waals surface area contributed by atoms with Gasteiger partial charge in [0.2, 0.25) is 5.91 Å². The zero-order valence-corrected chi connectivity index (χ0v) is 15.2. The third-order valence-electron chi connectivity index (χ3n) is 4.02. The normalized spacial score (nSPS) is 12.2. The number of carbonyl (C=O) groups is 1. The molecule has 0 saturated heterocycles. The van der Waals surface area contributed by atoms with Crippen molar-refractivity contribution in [2.45, 2.75) is 45.7 Å². The van der Waals surface area contributed by atoms with Crippen LogP contribution >= 0.6 is 0 Å². The number of nitrogens with zero attached hydrogens (tertiary/aromatic N) is 4. The van der Waals surface area contributed by atoms with E-state index in [1.807, 2.05) is 25.6 Å². The van der Waals surface area contributed by atoms with Crippen LogP contribution < -0.4 is 10.2 Å². The number of nitrogens with one attached hydrogen (secondary N) is 1. The third kappa shape index (κ3) is 4.57. The molecule has 24 heavy (non-hydrogen) atoms. The molecule has 2 aromatic rings. The van der Waals surface area contributed by atoms with Crippen molar-refractivity contribution < 1.29 is 4.79 Å². The molecule has 0 radical (unpaired) electrons. The van der Waals surface area contributed by atoms with E-state index in [0.717, 1.165) is 23.5 Å². The maximum atomic E-state index is 12.2. The average Bonchev–Trinajstić information content (AvgIpc) is 3.03. The van der Waals surface area contributed by atoms with E-state index >= 15 is 0 Å². The average molecular weight is 329 g/mol. The maximum absolute atomic E-state index is 12.2. The molecule has 0 fully saturated rings. The lowest BCUT2D eigenvalue weighted by atomic mass is 10.1. The highest BCUT2D eigenvalue weighted by Gasteiger charge is 2.16. The molecule has 0 saturated carbocycles. The first-order chi connectivity index (χ1) is 11.4. The molecule has 0 aliphatic carbocycles. The van der Waals surface area contributed by atoms with E-state index in [1.54, 1.807) is 6.33 Å². The van der Waals surface area contributed by atoms with Crippen LogP contribution in [0.25, 0.3) is 0 Å². The molecular formula is C18H27N5O. The molecule has 0 aliphatic rings. The molecule has 130 valence electrons. The van der Waals surface area contributed by atoms with Gasteiger partial charge in [-0.15, -0.1) is 10.2 Å². The summed E-state index contributed by atoms with van der Waals surface area (Å²) in [5, 5.41) is 11.1. The number of carbonyl (C=O) groups excluding carboxylic acids is 1. The molecule has 1 atom stereocenters. The highest BCUT2D eigenvalue weighted by molar-refractivity contribution is 5.76. The predicted octanol–water partition coefficient (Wildman–Crippen LogP) is 2.74. The van der Waals surface area contributed by atoms with Gasteiger partial charge in [0.15, 0.2) is 5.82 Å². The standard InChI is InChI=1S/C18H27N5O/c1-13(2)23-12-19-21-18(23)14(3)20-17(24)11-8-15-6-9-16(10-7-15)22(4)5/h6-7,9-10,12-14H,8,11H2,1-5H3,(H,20,24)/t14-/m0/s1. The second kappa shape index (κ2) is 7.95. The second-order valence-electron chi connectivity index (χ2n) is 6.54. The highest BCUT2D eigenvalue weighted by Crippen LogP contribution is 2.15. The quantitative estimate of drug-likeness (QED) is 0.848. The summed E-state index contributed by atoms with van der Waals surface area (Å²) in [6.07, 6.45) is 2.89. The van der Waals surface area contributed by atoms with Crippen molar-refractivity contribution in [2.75, 3.05) is 19.0 Å². The molecule has 1 aromatic carbocycles. The van der Waals surface area contributed by atoms with Gasteiger partial charge in [-0.2, -0.15) is 0 Å². The summed E-state index contributed by atoms with van der Waals surface area (Å²) < 4.78 is 1.98. The second-order valence-corrected chi connectivity index (χ2v) is 6.54. The number of benzene rings is 1. The molecular weight excluding hydrogens is 302 g/mol. The molecule has 1 heterocycles. The van der Waals surface area contributed by atoms with Crippen molar-refractivity contribution in [3.63, 3.8) is 0 Å². The fraction of sp³-hybridized carbons (Fsp3) is 0.500. The smallest absolute Gasteiger partial charge is 0.220 e. The Morgan fingerprint density at radius 3 is 2.46 bits per heavy atom. The Balaban J connectivity index is 1.87. The Morgan fingerprint density at radius 2 is 1.88 bits per heavy atom. The van der Waals surface area contributed by atoms with Crippen LogP contribution in [0.15, 0.2) is 30.6 Å². The highest BCUT2D eigenvalue weighted by atomic mass is 16.1. The van der Waals surface area contributed by atoms with Crippen molar-refractivity contribution in [3.8, 4) is 0 Å². The number of amides is 1. The van der Waals surface area contributed by atoms with Gasteiger partial charge in [0.05, 0.1) is 6.04 Å². The fourth-order valence-corrected chi connectivity index (χ4v) is 2.56. The minimum Gasteiger partial charge on any atom is -0.378 e. The minimum atomic E-state index is -0.154.